The molecule has 0 aromatic heterocycles. The van der Waals surface area contributed by atoms with E-state index in [-0.39, 0.29) is 5.69 Å². The molecule has 4 nitrogen and oxygen atoms in total. The smallest absolute Gasteiger partial charge is 0.269 e. The quantitative estimate of drug-likeness (QED) is 0.458. The zero-order chi connectivity index (χ0) is 10.8. The van der Waals surface area contributed by atoms with E-state index in [1.807, 2.05) is 0 Å². The van der Waals surface area contributed by atoms with Crippen molar-refractivity contribution in [2.75, 3.05) is 6.16 Å². The average molecular weight is 234 g/mol. The SMILES string of the molecule is CCP(=O)(Cl)c1ccc([N+](=O)[O-])cc1. The van der Waals surface area contributed by atoms with Crippen molar-refractivity contribution in [1.29, 1.82) is 0 Å². The number of halogens is 1. The maximum Gasteiger partial charge on any atom is 0.269 e. The van der Waals surface area contributed by atoms with Crippen LogP contribution in [-0.2, 0) is 4.57 Å². The maximum atomic E-state index is 11.7. The Hall–Kier alpha value is -0.860. The van der Waals surface area contributed by atoms with Crippen LogP contribution in [0.4, 0.5) is 5.69 Å². The molecule has 14 heavy (non-hydrogen) atoms. The molecule has 1 aromatic rings. The normalized spacial score (nSPS) is 14.7. The number of nitro benzene ring substituents is 1. The molecule has 0 saturated heterocycles. The van der Waals surface area contributed by atoms with Crippen LogP contribution in [0.25, 0.3) is 0 Å². The average Bonchev–Trinajstić information content (AvgIpc) is 2.18. The Morgan fingerprint density at radius 1 is 1.43 bits per heavy atom. The van der Waals surface area contributed by atoms with E-state index in [9.17, 15) is 14.7 Å². The Bertz CT molecular complexity index is 390. The van der Waals surface area contributed by atoms with Crippen LogP contribution in [-0.4, -0.2) is 11.1 Å². The van der Waals surface area contributed by atoms with Gasteiger partial charge in [-0.2, -0.15) is 0 Å². The van der Waals surface area contributed by atoms with E-state index in [2.05, 4.69) is 0 Å². The van der Waals surface area contributed by atoms with Crippen molar-refractivity contribution in [2.24, 2.45) is 0 Å². The van der Waals surface area contributed by atoms with Gasteiger partial charge in [-0.05, 0) is 23.4 Å². The molecule has 1 atom stereocenters. The second kappa shape index (κ2) is 4.11. The zero-order valence-electron chi connectivity index (χ0n) is 7.51. The summed E-state index contributed by atoms with van der Waals surface area (Å²) >= 11 is 5.76. The number of hydrogen-bond acceptors (Lipinski definition) is 3. The van der Waals surface area contributed by atoms with E-state index in [0.717, 1.165) is 0 Å². The van der Waals surface area contributed by atoms with Gasteiger partial charge in [-0.15, -0.1) is 0 Å². The van der Waals surface area contributed by atoms with Crippen molar-refractivity contribution < 1.29 is 9.49 Å². The molecule has 0 fully saturated rings. The van der Waals surface area contributed by atoms with Gasteiger partial charge in [0.25, 0.3) is 5.69 Å². The molecule has 0 saturated carbocycles. The van der Waals surface area contributed by atoms with Gasteiger partial charge in [0, 0.05) is 23.6 Å². The summed E-state index contributed by atoms with van der Waals surface area (Å²) < 4.78 is 11.7. The van der Waals surface area contributed by atoms with Gasteiger partial charge in [0.05, 0.1) is 4.92 Å². The van der Waals surface area contributed by atoms with E-state index >= 15 is 0 Å². The van der Waals surface area contributed by atoms with E-state index in [1.54, 1.807) is 6.92 Å². The number of nitrogens with zero attached hydrogens (tertiary/aromatic N) is 1. The molecule has 0 bridgehead atoms. The predicted molar refractivity (Wildman–Crippen MR) is 56.7 cm³/mol. The molecule has 1 aromatic carbocycles. The van der Waals surface area contributed by atoms with Gasteiger partial charge in [-0.3, -0.25) is 10.1 Å². The van der Waals surface area contributed by atoms with Gasteiger partial charge in [0.1, 0.15) is 0 Å². The van der Waals surface area contributed by atoms with E-state index in [0.29, 0.717) is 11.5 Å². The van der Waals surface area contributed by atoms with Crippen LogP contribution in [0.3, 0.4) is 0 Å². The second-order valence-corrected chi connectivity index (χ2v) is 6.83. The minimum atomic E-state index is -2.83. The van der Waals surface area contributed by atoms with Crippen LogP contribution >= 0.6 is 17.7 Å². The summed E-state index contributed by atoms with van der Waals surface area (Å²) in [5, 5.41) is 10.8. The maximum absolute atomic E-state index is 11.7. The van der Waals surface area contributed by atoms with Gasteiger partial charge >= 0.3 is 0 Å². The van der Waals surface area contributed by atoms with Crippen molar-refractivity contribution in [3.05, 3.63) is 34.4 Å². The Morgan fingerprint density at radius 2 is 1.93 bits per heavy atom. The fraction of sp³-hybridized carbons (Fsp3) is 0.250. The third kappa shape index (κ3) is 2.34. The molecule has 0 aliphatic rings. The van der Waals surface area contributed by atoms with Crippen molar-refractivity contribution in [3.8, 4) is 0 Å². The first-order valence-corrected chi connectivity index (χ1v) is 6.81. The molecule has 0 heterocycles. The van der Waals surface area contributed by atoms with E-state index in [4.69, 9.17) is 11.2 Å². The molecule has 1 rings (SSSR count). The Morgan fingerprint density at radius 3 is 2.29 bits per heavy atom. The third-order valence-corrected chi connectivity index (χ3v) is 5.04. The number of rotatable bonds is 3. The van der Waals surface area contributed by atoms with Gasteiger partial charge in [0.15, 0.2) is 6.49 Å². The highest BCUT2D eigenvalue weighted by atomic mass is 35.7. The first-order valence-electron chi connectivity index (χ1n) is 4.01. The highest BCUT2D eigenvalue weighted by Crippen LogP contribution is 2.49. The summed E-state index contributed by atoms with van der Waals surface area (Å²) in [6.07, 6.45) is 0.340. The molecule has 0 aliphatic heterocycles. The summed E-state index contributed by atoms with van der Waals surface area (Å²) in [6.45, 7) is -1.11. The lowest BCUT2D eigenvalue weighted by molar-refractivity contribution is -0.384. The number of hydrogen-bond donors (Lipinski definition) is 0. The number of nitro groups is 1. The van der Waals surface area contributed by atoms with Gasteiger partial charge in [-0.1, -0.05) is 6.92 Å². The fourth-order valence-corrected chi connectivity index (χ4v) is 2.28. The van der Waals surface area contributed by atoms with Crippen molar-refractivity contribution >= 4 is 28.7 Å². The Labute approximate surface area is 86.2 Å². The molecular formula is C8H9ClNO3P. The fourth-order valence-electron chi connectivity index (χ4n) is 0.980. The summed E-state index contributed by atoms with van der Waals surface area (Å²) in [7, 11) is 0. The van der Waals surface area contributed by atoms with Gasteiger partial charge < -0.3 is 4.57 Å². The van der Waals surface area contributed by atoms with E-state index < -0.39 is 11.4 Å². The topological polar surface area (TPSA) is 60.2 Å². The minimum Gasteiger partial charge on any atom is -0.302 e. The Kier molecular flexibility index (Phi) is 3.29. The minimum absolute atomic E-state index is 0.0264. The molecular weight excluding hydrogens is 225 g/mol. The van der Waals surface area contributed by atoms with Crippen LogP contribution in [0.15, 0.2) is 24.3 Å². The molecule has 0 aliphatic carbocycles. The lowest BCUT2D eigenvalue weighted by atomic mass is 10.3. The Balaban J connectivity index is 3.06. The van der Waals surface area contributed by atoms with E-state index in [1.165, 1.54) is 24.3 Å². The standard InChI is InChI=1S/C8H9ClNO3P/c1-2-14(9,13)8-5-3-7(4-6-8)10(11)12/h3-6H,2H2,1H3. The number of benzene rings is 1. The van der Waals surface area contributed by atoms with Gasteiger partial charge in [-0.25, -0.2) is 0 Å². The monoisotopic (exact) mass is 233 g/mol. The van der Waals surface area contributed by atoms with Crippen LogP contribution < -0.4 is 5.30 Å². The first kappa shape index (κ1) is 11.2. The van der Waals surface area contributed by atoms with Crippen molar-refractivity contribution in [1.82, 2.24) is 0 Å². The van der Waals surface area contributed by atoms with Crippen molar-refractivity contribution in [2.45, 2.75) is 6.92 Å². The van der Waals surface area contributed by atoms with Crippen LogP contribution in [0, 0.1) is 10.1 Å². The van der Waals surface area contributed by atoms with Crippen LogP contribution in [0.5, 0.6) is 0 Å². The summed E-state index contributed by atoms with van der Waals surface area (Å²) in [4.78, 5) is 9.83. The molecule has 0 spiro atoms. The van der Waals surface area contributed by atoms with Crippen LogP contribution in [0.1, 0.15) is 6.92 Å². The molecule has 0 amide bonds. The third-order valence-electron chi connectivity index (χ3n) is 1.85. The highest BCUT2D eigenvalue weighted by molar-refractivity contribution is 7.95. The van der Waals surface area contributed by atoms with Gasteiger partial charge in [0.2, 0.25) is 0 Å². The highest BCUT2D eigenvalue weighted by Gasteiger charge is 2.19. The molecule has 0 N–H and O–H groups in total. The first-order chi connectivity index (χ1) is 6.47. The van der Waals surface area contributed by atoms with Crippen LogP contribution in [0.2, 0.25) is 0 Å². The summed E-state index contributed by atoms with van der Waals surface area (Å²) in [5.74, 6) is 0. The predicted octanol–water partition coefficient (Wildman–Crippen LogP) is 2.76. The lowest BCUT2D eigenvalue weighted by Crippen LogP contribution is -2.02. The molecule has 0 radical (unpaired) electrons. The molecule has 6 heteroatoms. The lowest BCUT2D eigenvalue weighted by Gasteiger charge is -2.06. The molecule has 1 unspecified atom stereocenters. The summed E-state index contributed by atoms with van der Waals surface area (Å²) in [5.41, 5.74) is -0.0264. The number of non-ortho nitro benzene ring substituents is 1. The second-order valence-electron chi connectivity index (χ2n) is 2.74. The molecule has 76 valence electrons. The zero-order valence-corrected chi connectivity index (χ0v) is 9.16. The largest absolute Gasteiger partial charge is 0.302 e. The summed E-state index contributed by atoms with van der Waals surface area (Å²) in [6, 6.07) is 5.49. The van der Waals surface area contributed by atoms with Crippen molar-refractivity contribution in [3.63, 3.8) is 0 Å².